The van der Waals surface area contributed by atoms with E-state index in [2.05, 4.69) is 4.74 Å². The van der Waals surface area contributed by atoms with Crippen molar-refractivity contribution < 1.29 is 43.6 Å². The molecule has 0 saturated carbocycles. The Hall–Kier alpha value is -1.17. The van der Waals surface area contributed by atoms with Crippen molar-refractivity contribution >= 4 is 89.2 Å². The zero-order valence-corrected chi connectivity index (χ0v) is 26.6. The van der Waals surface area contributed by atoms with Crippen molar-refractivity contribution in [3.8, 4) is 11.5 Å². The van der Waals surface area contributed by atoms with Gasteiger partial charge in [0.15, 0.2) is 11.4 Å². The predicted molar refractivity (Wildman–Crippen MR) is 153 cm³/mol. The predicted octanol–water partition coefficient (Wildman–Crippen LogP) is 7.28. The maximum Gasteiger partial charge on any atom is 0.417 e. The third kappa shape index (κ3) is 8.01. The number of aromatic hydroxyl groups is 2. The van der Waals surface area contributed by atoms with Gasteiger partial charge in [-0.1, -0.05) is 76.5 Å². The van der Waals surface area contributed by atoms with E-state index in [-0.39, 0.29) is 71.2 Å². The molecule has 10 nitrogen and oxygen atoms in total. The molecule has 2 aliphatic heterocycles. The number of nitrogens with zero attached hydrogens (tertiary/aromatic N) is 1. The number of hydrogen-bond donors (Lipinski definition) is 4. The van der Waals surface area contributed by atoms with Crippen LogP contribution in [0.15, 0.2) is 12.1 Å². The van der Waals surface area contributed by atoms with Gasteiger partial charge in [0.05, 0.1) is 36.2 Å². The Kier molecular flexibility index (Phi) is 11.8. The van der Waals surface area contributed by atoms with E-state index >= 15 is 0 Å². The third-order valence-corrected chi connectivity index (χ3v) is 9.30. The van der Waals surface area contributed by atoms with E-state index in [1.165, 1.54) is 19.2 Å². The third-order valence-electron chi connectivity index (χ3n) is 5.86. The van der Waals surface area contributed by atoms with Crippen LogP contribution in [0, 0.1) is 0 Å². The summed E-state index contributed by atoms with van der Waals surface area (Å²) in [4.78, 5) is 39.7. The molecule has 2 saturated heterocycles. The van der Waals surface area contributed by atoms with Gasteiger partial charge in [-0.2, -0.15) is 0 Å². The van der Waals surface area contributed by atoms with E-state index in [0.717, 1.165) is 4.90 Å². The summed E-state index contributed by atoms with van der Waals surface area (Å²) in [7, 11) is -2.48. The zero-order chi connectivity index (χ0) is 30.9. The first-order valence-corrected chi connectivity index (χ1v) is 15.1. The van der Waals surface area contributed by atoms with Gasteiger partial charge >= 0.3 is 13.7 Å². The van der Waals surface area contributed by atoms with Crippen LogP contribution in [0.3, 0.4) is 0 Å². The van der Waals surface area contributed by atoms with Crippen LogP contribution in [-0.2, 0) is 25.3 Å². The highest BCUT2D eigenvalue weighted by Crippen LogP contribution is 2.52. The maximum atomic E-state index is 11.2. The molecule has 0 aromatic heterocycles. The number of imide groups is 1. The number of likely N-dealkylation sites (N-methyl/N-ethyl adjacent to an activating group) is 1. The van der Waals surface area contributed by atoms with Crippen LogP contribution in [0.1, 0.15) is 38.3 Å². The van der Waals surface area contributed by atoms with Crippen LogP contribution in [0.25, 0.3) is 0 Å². The lowest BCUT2D eigenvalue weighted by Gasteiger charge is -2.15. The number of phenols is 2. The van der Waals surface area contributed by atoms with Crippen LogP contribution in [0.2, 0.25) is 30.1 Å². The number of halogens is 6. The number of carbonyl (C=O) groups excluding carboxylic acids is 2. The van der Waals surface area contributed by atoms with Crippen molar-refractivity contribution in [1.29, 1.82) is 0 Å². The Bertz CT molecular complexity index is 1260. The molecule has 2 fully saturated rings. The van der Waals surface area contributed by atoms with Gasteiger partial charge in [0.1, 0.15) is 11.5 Å². The second-order valence-corrected chi connectivity index (χ2v) is 12.8. The van der Waals surface area contributed by atoms with Gasteiger partial charge in [0.2, 0.25) is 0 Å². The van der Waals surface area contributed by atoms with Gasteiger partial charge < -0.3 is 29.5 Å². The number of phenolic OH excluding ortho intramolecular Hbond substituents is 2. The second-order valence-electron chi connectivity index (χ2n) is 8.78. The fourth-order valence-electron chi connectivity index (χ4n) is 3.26. The number of amides is 2. The number of epoxide rings is 1. The molecule has 1 unspecified atom stereocenters. The molecular weight excluding hydrogens is 678 g/mol. The van der Waals surface area contributed by atoms with Crippen molar-refractivity contribution in [1.82, 2.24) is 4.90 Å². The molecule has 4 rings (SSSR count). The summed E-state index contributed by atoms with van der Waals surface area (Å²) in [6.45, 7) is 5.06. The van der Waals surface area contributed by atoms with Gasteiger partial charge in [-0.05, 0) is 32.4 Å². The Labute approximate surface area is 259 Å². The fourth-order valence-corrected chi connectivity index (χ4v) is 5.59. The average molecular weight is 702 g/mol. The highest BCUT2D eigenvalue weighted by Gasteiger charge is 2.48. The standard InChI is InChI=1S/C13H6Cl6O2.C7H11NO3.C3H7O4P/c14-6-2-8(16)12(20)4(10(6)18)1-5-11(19)7(15)3-9(17)13(5)21;1-4-7(2)5(9)8(3)6(10)11-7;1-2-3(7-2)8(4,5)6/h2-3,20-21H,1H2;4H2,1-3H3;2-3H,1H3,(H2,4,5,6)/t;;2-,3+/m..0/s1. The number of ether oxygens (including phenoxy) is 2. The molecule has 0 bridgehead atoms. The van der Waals surface area contributed by atoms with E-state index in [4.69, 9.17) is 84.1 Å². The molecule has 2 aromatic carbocycles. The SMILES string of the molecule is CCC1(C)OC(=O)N(C)C1=O.C[C@@H]1O[C@@H]1P(=O)(O)O.Oc1c(Cl)cc(Cl)c(Cl)c1Cc1c(O)c(Cl)cc(Cl)c1Cl. The first kappa shape index (κ1) is 35.0. The highest BCUT2D eigenvalue weighted by molar-refractivity contribution is 7.52. The minimum absolute atomic E-state index is 0.0307. The van der Waals surface area contributed by atoms with E-state index in [1.807, 2.05) is 6.92 Å². The Morgan fingerprint density at radius 1 is 0.925 bits per heavy atom. The van der Waals surface area contributed by atoms with Crippen molar-refractivity contribution in [3.63, 3.8) is 0 Å². The molecule has 17 heteroatoms. The van der Waals surface area contributed by atoms with Crippen molar-refractivity contribution in [3.05, 3.63) is 53.4 Å². The molecule has 2 aliphatic rings. The molecule has 222 valence electrons. The summed E-state index contributed by atoms with van der Waals surface area (Å²) in [6, 6.07) is 2.63. The molecule has 2 heterocycles. The molecule has 4 N–H and O–H groups in total. The van der Waals surface area contributed by atoms with Gasteiger partial charge in [-0.25, -0.2) is 9.69 Å². The smallest absolute Gasteiger partial charge is 0.417 e. The first-order valence-electron chi connectivity index (χ1n) is 11.2. The topological polar surface area (TPSA) is 157 Å². The molecule has 0 radical (unpaired) electrons. The molecule has 40 heavy (non-hydrogen) atoms. The molecule has 2 amide bonds. The molecular formula is C23H24Cl6NO9P. The minimum Gasteiger partial charge on any atom is -0.506 e. The molecule has 0 spiro atoms. The summed E-state index contributed by atoms with van der Waals surface area (Å²) < 4.78 is 19.6. The van der Waals surface area contributed by atoms with Crippen LogP contribution < -0.4 is 0 Å². The normalized spacial score (nSPS) is 21.8. The minimum atomic E-state index is -3.90. The number of cyclic esters (lactones) is 1. The van der Waals surface area contributed by atoms with E-state index < -0.39 is 25.1 Å². The monoisotopic (exact) mass is 699 g/mol. The lowest BCUT2D eigenvalue weighted by atomic mass is 10.0. The van der Waals surface area contributed by atoms with Gasteiger partial charge in [0.25, 0.3) is 5.91 Å². The Balaban J connectivity index is 0.000000244. The summed E-state index contributed by atoms with van der Waals surface area (Å²) in [5, 5.41) is 20.6. The van der Waals surface area contributed by atoms with Crippen LogP contribution in [0.5, 0.6) is 11.5 Å². The fraction of sp³-hybridized carbons (Fsp3) is 0.391. The van der Waals surface area contributed by atoms with Crippen LogP contribution >= 0.6 is 77.2 Å². The summed E-state index contributed by atoms with van der Waals surface area (Å²) in [5.41, 5.74) is -0.499. The number of carbonyl (C=O) groups is 2. The van der Waals surface area contributed by atoms with Crippen molar-refractivity contribution in [2.24, 2.45) is 0 Å². The van der Waals surface area contributed by atoms with Crippen molar-refractivity contribution in [2.75, 3.05) is 7.05 Å². The zero-order valence-electron chi connectivity index (χ0n) is 21.2. The summed E-state index contributed by atoms with van der Waals surface area (Å²) >= 11 is 35.7. The quantitative estimate of drug-likeness (QED) is 0.146. The van der Waals surface area contributed by atoms with Gasteiger partial charge in [-0.3, -0.25) is 9.36 Å². The Morgan fingerprint density at radius 3 is 1.55 bits per heavy atom. The maximum absolute atomic E-state index is 11.2. The van der Waals surface area contributed by atoms with Crippen LogP contribution in [-0.4, -0.2) is 61.5 Å². The average Bonchev–Trinajstić information content (AvgIpc) is 3.59. The Morgan fingerprint density at radius 2 is 1.32 bits per heavy atom. The molecule has 2 aromatic rings. The lowest BCUT2D eigenvalue weighted by Crippen LogP contribution is -2.35. The van der Waals surface area contributed by atoms with E-state index in [1.54, 1.807) is 13.8 Å². The number of hydrogen-bond acceptors (Lipinski definition) is 7. The van der Waals surface area contributed by atoms with E-state index in [9.17, 15) is 24.4 Å². The first-order chi connectivity index (χ1) is 18.3. The number of benzene rings is 2. The summed E-state index contributed by atoms with van der Waals surface area (Å²) in [5.74, 6) is -1.58. The molecule has 0 aliphatic carbocycles. The number of rotatable bonds is 4. The summed E-state index contributed by atoms with van der Waals surface area (Å²) in [6.07, 6.45) is -0.340. The second kappa shape index (κ2) is 13.4. The highest BCUT2D eigenvalue weighted by atomic mass is 35.5. The van der Waals surface area contributed by atoms with Crippen molar-refractivity contribution in [2.45, 2.75) is 51.2 Å². The van der Waals surface area contributed by atoms with Crippen LogP contribution in [0.4, 0.5) is 4.79 Å². The van der Waals surface area contributed by atoms with Gasteiger partial charge in [-0.15, -0.1) is 0 Å². The van der Waals surface area contributed by atoms with Gasteiger partial charge in [0, 0.05) is 24.6 Å². The largest absolute Gasteiger partial charge is 0.506 e. The van der Waals surface area contributed by atoms with E-state index in [0.29, 0.717) is 6.42 Å². The molecule has 3 atom stereocenters. The lowest BCUT2D eigenvalue weighted by molar-refractivity contribution is -0.135.